The van der Waals surface area contributed by atoms with Crippen molar-refractivity contribution < 1.29 is 32.0 Å². The number of carbonyl (C=O) groups is 2. The first-order valence-electron chi connectivity index (χ1n) is 2.20. The molecule has 0 bridgehead atoms. The molecule has 0 unspecified atom stereocenters. The summed E-state index contributed by atoms with van der Waals surface area (Å²) in [6, 6.07) is 0. The predicted octanol–water partition coefficient (Wildman–Crippen LogP) is 0.769. The fraction of sp³-hybridized carbons (Fsp3) is 0.600. The van der Waals surface area contributed by atoms with Crippen LogP contribution in [0.5, 0.6) is 0 Å². The molecule has 2 nitrogen and oxygen atoms in total. The van der Waals surface area contributed by atoms with Crippen LogP contribution in [0.2, 0.25) is 0 Å². The number of alkyl halides is 1. The van der Waals surface area contributed by atoms with Gasteiger partial charge in [0.25, 0.3) is 0 Å². The van der Waals surface area contributed by atoms with Crippen LogP contribution in [-0.4, -0.2) is 16.9 Å². The number of hydrogen-bond acceptors (Lipinski definition) is 2. The van der Waals surface area contributed by atoms with E-state index < -0.39 is 5.38 Å². The number of hydrogen-bond donors (Lipinski definition) is 0. The number of carbonyl (C=O) groups excluding carboxylic acids is 2. The Hall–Kier alpha value is 0.370. The first-order chi connectivity index (χ1) is 3.55. The third-order valence-corrected chi connectivity index (χ3v) is 1.33. The Morgan fingerprint density at radius 3 is 1.44 bits per heavy atom. The molecular weight excluding hydrogens is 235 g/mol. The molecule has 0 aromatic rings. The van der Waals surface area contributed by atoms with Gasteiger partial charge in [0, 0.05) is 22.4 Å². The molecule has 0 aliphatic rings. The van der Waals surface area contributed by atoms with Crippen molar-refractivity contribution in [3.8, 4) is 0 Å². The van der Waals surface area contributed by atoms with Gasteiger partial charge in [-0.25, -0.2) is 0 Å². The van der Waals surface area contributed by atoms with Crippen LogP contribution in [0.4, 0.5) is 0 Å². The maximum atomic E-state index is 10.2. The molecule has 0 aliphatic carbocycles. The first-order valence-corrected chi connectivity index (χ1v) is 2.64. The molecule has 0 spiro atoms. The van der Waals surface area contributed by atoms with Crippen molar-refractivity contribution in [2.75, 3.05) is 0 Å². The molecule has 0 fully saturated rings. The molecule has 0 saturated carbocycles. The van der Waals surface area contributed by atoms with Gasteiger partial charge in [-0.2, -0.15) is 0 Å². The molecule has 0 aromatic carbocycles. The number of rotatable bonds is 2. The molecule has 0 amide bonds. The van der Waals surface area contributed by atoms with E-state index in [2.05, 4.69) is 0 Å². The largest absolute Gasteiger partial charge is 0.298 e. The minimum absolute atomic E-state index is 0. The monoisotopic (exact) mass is 241 g/mol. The Kier molecular flexibility index (Phi) is 6.95. The fourth-order valence-electron chi connectivity index (χ4n) is 0.286. The van der Waals surface area contributed by atoms with Gasteiger partial charge in [0.05, 0.1) is 0 Å². The maximum absolute atomic E-state index is 10.2. The minimum atomic E-state index is -0.935. The van der Waals surface area contributed by atoms with Crippen LogP contribution in [0, 0.1) is 0 Å². The van der Waals surface area contributed by atoms with Gasteiger partial charge >= 0.3 is 0 Å². The van der Waals surface area contributed by atoms with Crippen molar-refractivity contribution >= 4 is 23.2 Å². The molecule has 0 rings (SSSR count). The van der Waals surface area contributed by atoms with Crippen molar-refractivity contribution in [2.24, 2.45) is 0 Å². The fourth-order valence-corrected chi connectivity index (χ4v) is 0.286. The van der Waals surface area contributed by atoms with E-state index in [9.17, 15) is 9.59 Å². The summed E-state index contributed by atoms with van der Waals surface area (Å²) in [5.41, 5.74) is 0. The van der Waals surface area contributed by atoms with Gasteiger partial charge in [0.1, 0.15) is 5.38 Å². The van der Waals surface area contributed by atoms with Crippen LogP contribution in [0.3, 0.4) is 0 Å². The Bertz CT molecular complexity index is 110. The van der Waals surface area contributed by atoms with Crippen LogP contribution in [0.1, 0.15) is 13.8 Å². The molecule has 57 valence electrons. The summed E-state index contributed by atoms with van der Waals surface area (Å²) in [5.74, 6) is -0.585. The van der Waals surface area contributed by atoms with Gasteiger partial charge in [0.2, 0.25) is 0 Å². The SMILES string of the molecule is CC(=O)C(Cl)C(C)=O.[Ag]. The maximum Gasteiger partial charge on any atom is 0.155 e. The van der Waals surface area contributed by atoms with Gasteiger partial charge in [0.15, 0.2) is 11.6 Å². The zero-order chi connectivity index (χ0) is 6.73. The zero-order valence-electron chi connectivity index (χ0n) is 5.07. The molecular formula is C5H7AgClO2. The number of ketones is 2. The van der Waals surface area contributed by atoms with E-state index in [-0.39, 0.29) is 33.9 Å². The summed E-state index contributed by atoms with van der Waals surface area (Å²) < 4.78 is 0. The summed E-state index contributed by atoms with van der Waals surface area (Å²) in [5, 5.41) is -0.935. The third-order valence-electron chi connectivity index (χ3n) is 0.714. The van der Waals surface area contributed by atoms with Gasteiger partial charge in [-0.05, 0) is 13.8 Å². The minimum Gasteiger partial charge on any atom is -0.298 e. The molecule has 0 atom stereocenters. The molecule has 1 radical (unpaired) electrons. The van der Waals surface area contributed by atoms with E-state index in [0.717, 1.165) is 0 Å². The molecule has 0 aromatic heterocycles. The van der Waals surface area contributed by atoms with E-state index in [4.69, 9.17) is 11.6 Å². The average Bonchev–Trinajstić information content (AvgIpc) is 1.64. The predicted molar refractivity (Wildman–Crippen MR) is 31.0 cm³/mol. The topological polar surface area (TPSA) is 34.1 Å². The second kappa shape index (κ2) is 5.18. The second-order valence-corrected chi connectivity index (χ2v) is 2.02. The molecule has 4 heteroatoms. The van der Waals surface area contributed by atoms with E-state index in [1.165, 1.54) is 13.8 Å². The molecule has 0 N–H and O–H groups in total. The van der Waals surface area contributed by atoms with E-state index in [1.807, 2.05) is 0 Å². The molecule has 0 saturated heterocycles. The van der Waals surface area contributed by atoms with Crippen molar-refractivity contribution in [2.45, 2.75) is 19.2 Å². The van der Waals surface area contributed by atoms with Gasteiger partial charge in [-0.1, -0.05) is 0 Å². The van der Waals surface area contributed by atoms with Crippen molar-refractivity contribution in [3.05, 3.63) is 0 Å². The molecule has 0 heterocycles. The summed E-state index contributed by atoms with van der Waals surface area (Å²) in [6.07, 6.45) is 0. The van der Waals surface area contributed by atoms with Crippen molar-refractivity contribution in [1.82, 2.24) is 0 Å². The van der Waals surface area contributed by atoms with E-state index >= 15 is 0 Å². The standard InChI is InChI=1S/C5H7ClO2.Ag/c1-3(7)5(6)4(2)8;/h5H,1-2H3;. The van der Waals surface area contributed by atoms with Crippen molar-refractivity contribution in [1.29, 1.82) is 0 Å². The Labute approximate surface area is 74.5 Å². The Morgan fingerprint density at radius 2 is 1.44 bits per heavy atom. The normalized spacial score (nSPS) is 8.44. The quantitative estimate of drug-likeness (QED) is 0.407. The van der Waals surface area contributed by atoms with Gasteiger partial charge in [-0.3, -0.25) is 9.59 Å². The Morgan fingerprint density at radius 1 is 1.22 bits per heavy atom. The van der Waals surface area contributed by atoms with E-state index in [0.29, 0.717) is 0 Å². The third kappa shape index (κ3) is 4.85. The Balaban J connectivity index is 0. The van der Waals surface area contributed by atoms with Crippen LogP contribution in [0.25, 0.3) is 0 Å². The summed E-state index contributed by atoms with van der Waals surface area (Å²) in [4.78, 5) is 20.5. The van der Waals surface area contributed by atoms with Gasteiger partial charge in [-0.15, -0.1) is 11.6 Å². The second-order valence-electron chi connectivity index (χ2n) is 1.58. The van der Waals surface area contributed by atoms with Crippen LogP contribution in [-0.2, 0) is 32.0 Å². The van der Waals surface area contributed by atoms with E-state index in [1.54, 1.807) is 0 Å². The number of halogens is 1. The molecule has 0 aliphatic heterocycles. The average molecular weight is 242 g/mol. The van der Waals surface area contributed by atoms with Gasteiger partial charge < -0.3 is 0 Å². The van der Waals surface area contributed by atoms with Crippen molar-refractivity contribution in [3.63, 3.8) is 0 Å². The van der Waals surface area contributed by atoms with Crippen LogP contribution in [0.15, 0.2) is 0 Å². The summed E-state index contributed by atoms with van der Waals surface area (Å²) >= 11 is 5.25. The first kappa shape index (κ1) is 12.1. The zero-order valence-corrected chi connectivity index (χ0v) is 7.31. The smallest absolute Gasteiger partial charge is 0.155 e. The summed E-state index contributed by atoms with van der Waals surface area (Å²) in [7, 11) is 0. The van der Waals surface area contributed by atoms with Crippen LogP contribution >= 0.6 is 11.6 Å². The van der Waals surface area contributed by atoms with Crippen LogP contribution < -0.4 is 0 Å². The summed E-state index contributed by atoms with van der Waals surface area (Å²) in [6.45, 7) is 2.58. The molecule has 9 heavy (non-hydrogen) atoms. The number of Topliss-reactive ketones (excluding diaryl/α,β-unsaturated/α-hetero) is 2.